The van der Waals surface area contributed by atoms with Crippen molar-refractivity contribution in [3.8, 4) is 0 Å². The molecular weight excluding hydrogens is 252 g/mol. The first-order chi connectivity index (χ1) is 9.65. The number of hydrogen-bond acceptors (Lipinski definition) is 3. The lowest BCUT2D eigenvalue weighted by Crippen LogP contribution is -2.39. The molecule has 1 aromatic rings. The normalized spacial score (nSPS) is 17.8. The molecule has 1 aromatic carbocycles. The molecule has 0 radical (unpaired) electrons. The van der Waals surface area contributed by atoms with Gasteiger partial charge in [0.1, 0.15) is 6.29 Å². The van der Waals surface area contributed by atoms with Crippen LogP contribution in [0.5, 0.6) is 0 Å². The van der Waals surface area contributed by atoms with Crippen LogP contribution in [-0.4, -0.2) is 25.3 Å². The lowest BCUT2D eigenvalue weighted by molar-refractivity contribution is -0.123. The predicted octanol–water partition coefficient (Wildman–Crippen LogP) is 2.23. The van der Waals surface area contributed by atoms with Crippen LogP contribution in [0.3, 0.4) is 0 Å². The Hall–Kier alpha value is -1.84. The van der Waals surface area contributed by atoms with E-state index in [9.17, 15) is 9.59 Å². The maximum atomic E-state index is 11.4. The highest BCUT2D eigenvalue weighted by Gasteiger charge is 2.28. The van der Waals surface area contributed by atoms with E-state index in [4.69, 9.17) is 5.73 Å². The average Bonchev–Trinajstić information content (AvgIpc) is 2.48. The summed E-state index contributed by atoms with van der Waals surface area (Å²) >= 11 is 0. The fourth-order valence-corrected chi connectivity index (χ4v) is 3.09. The van der Waals surface area contributed by atoms with E-state index in [0.29, 0.717) is 11.5 Å². The molecule has 1 unspecified atom stereocenters. The maximum Gasteiger partial charge on any atom is 0.220 e. The van der Waals surface area contributed by atoms with Gasteiger partial charge in [-0.2, -0.15) is 0 Å². The number of anilines is 1. The van der Waals surface area contributed by atoms with Crippen LogP contribution in [0.4, 0.5) is 5.69 Å². The molecule has 2 N–H and O–H groups in total. The van der Waals surface area contributed by atoms with Crippen LogP contribution in [0, 0.1) is 11.8 Å². The van der Waals surface area contributed by atoms with E-state index in [2.05, 4.69) is 4.90 Å². The summed E-state index contributed by atoms with van der Waals surface area (Å²) in [7, 11) is 0. The monoisotopic (exact) mass is 274 g/mol. The van der Waals surface area contributed by atoms with Crippen molar-refractivity contribution in [1.29, 1.82) is 0 Å². The SMILES string of the molecule is CCC(C(N)=O)C1CCN(c2ccc(C=O)cc2)CC1. The lowest BCUT2D eigenvalue weighted by Gasteiger charge is -2.36. The molecule has 1 saturated heterocycles. The van der Waals surface area contributed by atoms with Gasteiger partial charge in [0.15, 0.2) is 0 Å². The summed E-state index contributed by atoms with van der Waals surface area (Å²) in [5, 5.41) is 0. The third kappa shape index (κ3) is 3.18. The zero-order valence-electron chi connectivity index (χ0n) is 11.9. The molecule has 1 amide bonds. The van der Waals surface area contributed by atoms with Crippen LogP contribution in [0.15, 0.2) is 24.3 Å². The van der Waals surface area contributed by atoms with Crippen LogP contribution in [0.2, 0.25) is 0 Å². The summed E-state index contributed by atoms with van der Waals surface area (Å²) in [6.45, 7) is 3.91. The largest absolute Gasteiger partial charge is 0.372 e. The lowest BCUT2D eigenvalue weighted by atomic mass is 9.82. The molecule has 2 rings (SSSR count). The Kier molecular flexibility index (Phi) is 4.77. The molecule has 108 valence electrons. The van der Waals surface area contributed by atoms with E-state index in [1.807, 2.05) is 31.2 Å². The second-order valence-corrected chi connectivity index (χ2v) is 5.45. The number of nitrogens with zero attached hydrogens (tertiary/aromatic N) is 1. The molecule has 4 nitrogen and oxygen atoms in total. The van der Waals surface area contributed by atoms with E-state index < -0.39 is 0 Å². The Bertz CT molecular complexity index is 462. The van der Waals surface area contributed by atoms with Gasteiger partial charge in [0.05, 0.1) is 0 Å². The second-order valence-electron chi connectivity index (χ2n) is 5.45. The summed E-state index contributed by atoms with van der Waals surface area (Å²) in [6, 6.07) is 7.64. The quantitative estimate of drug-likeness (QED) is 0.837. The predicted molar refractivity (Wildman–Crippen MR) is 79.7 cm³/mol. The van der Waals surface area contributed by atoms with Gasteiger partial charge in [0, 0.05) is 30.3 Å². The first-order valence-corrected chi connectivity index (χ1v) is 7.25. The van der Waals surface area contributed by atoms with Crippen molar-refractivity contribution >= 4 is 17.9 Å². The average molecular weight is 274 g/mol. The van der Waals surface area contributed by atoms with E-state index in [-0.39, 0.29) is 11.8 Å². The van der Waals surface area contributed by atoms with Gasteiger partial charge in [-0.3, -0.25) is 9.59 Å². The fourth-order valence-electron chi connectivity index (χ4n) is 3.09. The van der Waals surface area contributed by atoms with Gasteiger partial charge in [-0.05, 0) is 49.4 Å². The van der Waals surface area contributed by atoms with E-state index in [0.717, 1.165) is 44.3 Å². The number of nitrogens with two attached hydrogens (primary N) is 1. The van der Waals surface area contributed by atoms with E-state index in [1.165, 1.54) is 0 Å². The van der Waals surface area contributed by atoms with Crippen LogP contribution < -0.4 is 10.6 Å². The summed E-state index contributed by atoms with van der Waals surface area (Å²) < 4.78 is 0. The van der Waals surface area contributed by atoms with E-state index in [1.54, 1.807) is 0 Å². The van der Waals surface area contributed by atoms with Gasteiger partial charge in [-0.1, -0.05) is 6.92 Å². The minimum atomic E-state index is -0.165. The number of carbonyl (C=O) groups is 2. The van der Waals surface area contributed by atoms with Crippen molar-refractivity contribution < 1.29 is 9.59 Å². The first-order valence-electron chi connectivity index (χ1n) is 7.25. The molecule has 1 fully saturated rings. The van der Waals surface area contributed by atoms with Gasteiger partial charge in [-0.15, -0.1) is 0 Å². The minimum Gasteiger partial charge on any atom is -0.372 e. The number of primary amides is 1. The molecule has 0 saturated carbocycles. The number of amides is 1. The number of aldehydes is 1. The maximum absolute atomic E-state index is 11.4. The van der Waals surface area contributed by atoms with Gasteiger partial charge in [0.2, 0.25) is 5.91 Å². The summed E-state index contributed by atoms with van der Waals surface area (Å²) in [5.41, 5.74) is 7.31. The Morgan fingerprint density at radius 3 is 2.40 bits per heavy atom. The topological polar surface area (TPSA) is 63.4 Å². The molecule has 4 heteroatoms. The van der Waals surface area contributed by atoms with Gasteiger partial charge in [-0.25, -0.2) is 0 Å². The third-order valence-corrected chi connectivity index (χ3v) is 4.31. The molecule has 0 aromatic heterocycles. The molecule has 0 spiro atoms. The minimum absolute atomic E-state index is 0.00888. The van der Waals surface area contributed by atoms with Crippen molar-refractivity contribution in [3.63, 3.8) is 0 Å². The Morgan fingerprint density at radius 2 is 1.95 bits per heavy atom. The molecule has 1 heterocycles. The summed E-state index contributed by atoms with van der Waals surface area (Å²) in [6.07, 6.45) is 3.68. The number of rotatable bonds is 5. The number of carbonyl (C=O) groups excluding carboxylic acids is 2. The standard InChI is InChI=1S/C16H22N2O2/c1-2-15(16(17)20)13-7-9-18(10-8-13)14-5-3-12(11-19)4-6-14/h3-6,11,13,15H,2,7-10H2,1H3,(H2,17,20). The zero-order valence-corrected chi connectivity index (χ0v) is 11.9. The van der Waals surface area contributed by atoms with Crippen molar-refractivity contribution in [1.82, 2.24) is 0 Å². The highest BCUT2D eigenvalue weighted by Crippen LogP contribution is 2.29. The number of piperidine rings is 1. The van der Waals surface area contributed by atoms with Crippen LogP contribution in [-0.2, 0) is 4.79 Å². The van der Waals surface area contributed by atoms with Crippen molar-refractivity contribution in [2.75, 3.05) is 18.0 Å². The van der Waals surface area contributed by atoms with E-state index >= 15 is 0 Å². The zero-order chi connectivity index (χ0) is 14.5. The molecule has 1 aliphatic heterocycles. The Balaban J connectivity index is 1.96. The van der Waals surface area contributed by atoms with Crippen molar-refractivity contribution in [2.24, 2.45) is 17.6 Å². The number of benzene rings is 1. The van der Waals surface area contributed by atoms with Crippen LogP contribution >= 0.6 is 0 Å². The third-order valence-electron chi connectivity index (χ3n) is 4.31. The second kappa shape index (κ2) is 6.55. The highest BCUT2D eigenvalue weighted by molar-refractivity contribution is 5.77. The van der Waals surface area contributed by atoms with Crippen molar-refractivity contribution in [3.05, 3.63) is 29.8 Å². The highest BCUT2D eigenvalue weighted by atomic mass is 16.1. The fraction of sp³-hybridized carbons (Fsp3) is 0.500. The van der Waals surface area contributed by atoms with Gasteiger partial charge < -0.3 is 10.6 Å². The molecule has 0 aliphatic carbocycles. The smallest absolute Gasteiger partial charge is 0.220 e. The molecule has 20 heavy (non-hydrogen) atoms. The van der Waals surface area contributed by atoms with Crippen molar-refractivity contribution in [2.45, 2.75) is 26.2 Å². The Morgan fingerprint density at radius 1 is 1.35 bits per heavy atom. The van der Waals surface area contributed by atoms with Crippen LogP contribution in [0.1, 0.15) is 36.5 Å². The van der Waals surface area contributed by atoms with Gasteiger partial charge in [0.25, 0.3) is 0 Å². The number of hydrogen-bond donors (Lipinski definition) is 1. The Labute approximate surface area is 119 Å². The van der Waals surface area contributed by atoms with Gasteiger partial charge >= 0.3 is 0 Å². The molecule has 1 aliphatic rings. The summed E-state index contributed by atoms with van der Waals surface area (Å²) in [5.74, 6) is 0.249. The summed E-state index contributed by atoms with van der Waals surface area (Å²) in [4.78, 5) is 24.4. The first kappa shape index (κ1) is 14.6. The van der Waals surface area contributed by atoms with Crippen LogP contribution in [0.25, 0.3) is 0 Å². The molecule has 1 atom stereocenters. The molecule has 0 bridgehead atoms. The molecular formula is C16H22N2O2.